The quantitative estimate of drug-likeness (QED) is 0.931. The van der Waals surface area contributed by atoms with Crippen LogP contribution in [0.2, 0.25) is 0 Å². The van der Waals surface area contributed by atoms with E-state index in [-0.39, 0.29) is 11.7 Å². The van der Waals surface area contributed by atoms with E-state index in [0.717, 1.165) is 11.3 Å². The molecule has 6 heteroatoms. The third-order valence-electron chi connectivity index (χ3n) is 3.13. The molecule has 0 amide bonds. The Bertz CT molecular complexity index is 558. The predicted molar refractivity (Wildman–Crippen MR) is 69.6 cm³/mol. The summed E-state index contributed by atoms with van der Waals surface area (Å²) in [6, 6.07) is 6.22. The summed E-state index contributed by atoms with van der Waals surface area (Å²) in [5.74, 6) is 2.24. The first-order valence-electron chi connectivity index (χ1n) is 6.05. The van der Waals surface area contributed by atoms with Gasteiger partial charge in [0.25, 0.3) is 0 Å². The van der Waals surface area contributed by atoms with Crippen molar-refractivity contribution in [2.45, 2.75) is 18.4 Å². The van der Waals surface area contributed by atoms with Crippen molar-refractivity contribution in [1.29, 1.82) is 0 Å². The smallest absolute Gasteiger partial charge is 0.233 e. The molecular formula is C13H13FN2O2S. The van der Waals surface area contributed by atoms with E-state index in [0.29, 0.717) is 23.9 Å². The van der Waals surface area contributed by atoms with Crippen molar-refractivity contribution in [1.82, 2.24) is 10.1 Å². The molecular weight excluding hydrogens is 267 g/mol. The van der Waals surface area contributed by atoms with Gasteiger partial charge in [-0.05, 0) is 17.7 Å². The van der Waals surface area contributed by atoms with Gasteiger partial charge in [-0.1, -0.05) is 17.3 Å². The van der Waals surface area contributed by atoms with Crippen LogP contribution in [0.4, 0.5) is 4.39 Å². The van der Waals surface area contributed by atoms with Crippen LogP contribution in [-0.2, 0) is 6.42 Å². The zero-order valence-electron chi connectivity index (χ0n) is 10.1. The van der Waals surface area contributed by atoms with Gasteiger partial charge in [0.15, 0.2) is 5.82 Å². The van der Waals surface area contributed by atoms with Crippen molar-refractivity contribution >= 4 is 11.8 Å². The SMILES string of the molecule is OC1CSCC1c1nc(Cc2ccc(F)cc2)no1. The van der Waals surface area contributed by atoms with Gasteiger partial charge < -0.3 is 9.63 Å². The average molecular weight is 280 g/mol. The molecule has 1 aromatic heterocycles. The maximum atomic E-state index is 12.8. The first kappa shape index (κ1) is 12.6. The molecule has 2 unspecified atom stereocenters. The first-order chi connectivity index (χ1) is 9.22. The number of hydrogen-bond acceptors (Lipinski definition) is 5. The molecule has 4 nitrogen and oxygen atoms in total. The summed E-state index contributed by atoms with van der Waals surface area (Å²) in [5.41, 5.74) is 0.926. The second-order valence-electron chi connectivity index (χ2n) is 4.56. The van der Waals surface area contributed by atoms with Gasteiger partial charge in [0.2, 0.25) is 5.89 Å². The third kappa shape index (κ3) is 2.79. The van der Waals surface area contributed by atoms with E-state index in [2.05, 4.69) is 10.1 Å². The third-order valence-corrected chi connectivity index (χ3v) is 4.30. The van der Waals surface area contributed by atoms with Gasteiger partial charge in [0, 0.05) is 17.9 Å². The molecule has 1 aliphatic heterocycles. The van der Waals surface area contributed by atoms with Crippen molar-refractivity contribution < 1.29 is 14.0 Å². The van der Waals surface area contributed by atoms with Crippen LogP contribution in [0.3, 0.4) is 0 Å². The topological polar surface area (TPSA) is 59.2 Å². The van der Waals surface area contributed by atoms with Crippen LogP contribution in [0.25, 0.3) is 0 Å². The molecule has 2 heterocycles. The molecule has 2 atom stereocenters. The number of hydrogen-bond donors (Lipinski definition) is 1. The van der Waals surface area contributed by atoms with E-state index in [1.807, 2.05) is 0 Å². The molecule has 19 heavy (non-hydrogen) atoms. The van der Waals surface area contributed by atoms with Gasteiger partial charge in [0.1, 0.15) is 5.82 Å². The van der Waals surface area contributed by atoms with E-state index in [1.54, 1.807) is 23.9 Å². The number of aliphatic hydroxyl groups excluding tert-OH is 1. The molecule has 1 fully saturated rings. The molecule has 100 valence electrons. The Morgan fingerprint density at radius 2 is 2.11 bits per heavy atom. The molecule has 0 radical (unpaired) electrons. The van der Waals surface area contributed by atoms with Crippen molar-refractivity contribution in [3.8, 4) is 0 Å². The lowest BCUT2D eigenvalue weighted by atomic mass is 10.1. The second kappa shape index (κ2) is 5.30. The lowest BCUT2D eigenvalue weighted by Gasteiger charge is -2.06. The number of rotatable bonds is 3. The first-order valence-corrected chi connectivity index (χ1v) is 7.20. The van der Waals surface area contributed by atoms with Gasteiger partial charge in [-0.25, -0.2) is 4.39 Å². The summed E-state index contributed by atoms with van der Waals surface area (Å²) in [5, 5.41) is 13.7. The van der Waals surface area contributed by atoms with Gasteiger partial charge in [-0.2, -0.15) is 16.7 Å². The van der Waals surface area contributed by atoms with Crippen molar-refractivity contribution in [3.05, 3.63) is 47.4 Å². The second-order valence-corrected chi connectivity index (χ2v) is 5.64. The lowest BCUT2D eigenvalue weighted by molar-refractivity contribution is 0.164. The Kier molecular flexibility index (Phi) is 3.52. The molecule has 0 spiro atoms. The molecule has 3 rings (SSSR count). The summed E-state index contributed by atoms with van der Waals surface area (Å²) < 4.78 is 18.0. The molecule has 2 aromatic rings. The van der Waals surface area contributed by atoms with Crippen molar-refractivity contribution in [2.24, 2.45) is 0 Å². The minimum absolute atomic E-state index is 0.0699. The normalized spacial score (nSPS) is 22.8. The zero-order valence-corrected chi connectivity index (χ0v) is 10.9. The number of aromatic nitrogens is 2. The summed E-state index contributed by atoms with van der Waals surface area (Å²) in [7, 11) is 0. The van der Waals surface area contributed by atoms with E-state index < -0.39 is 6.10 Å². The van der Waals surface area contributed by atoms with Crippen molar-refractivity contribution in [3.63, 3.8) is 0 Å². The van der Waals surface area contributed by atoms with E-state index in [4.69, 9.17) is 4.52 Å². The average Bonchev–Trinajstić information content (AvgIpc) is 3.01. The molecule has 1 N–H and O–H groups in total. The summed E-state index contributed by atoms with van der Waals surface area (Å²) in [4.78, 5) is 4.32. The minimum atomic E-state index is -0.413. The molecule has 1 aromatic carbocycles. The lowest BCUT2D eigenvalue weighted by Crippen LogP contribution is -2.15. The van der Waals surface area contributed by atoms with Crippen LogP contribution in [0, 0.1) is 5.82 Å². The predicted octanol–water partition coefficient (Wildman–Crippen LogP) is 1.99. The molecule has 0 aliphatic carbocycles. The van der Waals surface area contributed by atoms with Crippen LogP contribution in [0.15, 0.2) is 28.8 Å². The van der Waals surface area contributed by atoms with Crippen LogP contribution >= 0.6 is 11.8 Å². The molecule has 1 aliphatic rings. The van der Waals surface area contributed by atoms with Gasteiger partial charge in [-0.15, -0.1) is 0 Å². The fraction of sp³-hybridized carbons (Fsp3) is 0.385. The maximum absolute atomic E-state index is 12.8. The Morgan fingerprint density at radius 1 is 1.32 bits per heavy atom. The number of benzene rings is 1. The Balaban J connectivity index is 1.72. The number of halogens is 1. The minimum Gasteiger partial charge on any atom is -0.391 e. The highest BCUT2D eigenvalue weighted by molar-refractivity contribution is 7.99. The van der Waals surface area contributed by atoms with Gasteiger partial charge in [-0.3, -0.25) is 0 Å². The van der Waals surface area contributed by atoms with Crippen LogP contribution in [0.1, 0.15) is 23.2 Å². The standard InChI is InChI=1S/C13H13FN2O2S/c14-9-3-1-8(2-4-9)5-12-15-13(18-16-12)10-6-19-7-11(10)17/h1-4,10-11,17H,5-7H2. The van der Waals surface area contributed by atoms with Crippen LogP contribution in [-0.4, -0.2) is 32.9 Å². The Morgan fingerprint density at radius 3 is 2.79 bits per heavy atom. The van der Waals surface area contributed by atoms with E-state index in [9.17, 15) is 9.50 Å². The highest BCUT2D eigenvalue weighted by atomic mass is 32.2. The van der Waals surface area contributed by atoms with E-state index in [1.165, 1.54) is 12.1 Å². The highest BCUT2D eigenvalue weighted by Gasteiger charge is 2.31. The maximum Gasteiger partial charge on any atom is 0.233 e. The van der Waals surface area contributed by atoms with E-state index >= 15 is 0 Å². The Hall–Kier alpha value is -1.40. The van der Waals surface area contributed by atoms with Crippen LogP contribution in [0.5, 0.6) is 0 Å². The van der Waals surface area contributed by atoms with Crippen LogP contribution < -0.4 is 0 Å². The zero-order chi connectivity index (χ0) is 13.2. The number of nitrogens with zero attached hydrogens (tertiary/aromatic N) is 2. The fourth-order valence-corrected chi connectivity index (χ4v) is 3.28. The summed E-state index contributed by atoms with van der Waals surface area (Å²) in [6.07, 6.45) is 0.0869. The Labute approximate surface area is 114 Å². The summed E-state index contributed by atoms with van der Waals surface area (Å²) in [6.45, 7) is 0. The molecule has 0 saturated carbocycles. The monoisotopic (exact) mass is 280 g/mol. The molecule has 0 bridgehead atoms. The highest BCUT2D eigenvalue weighted by Crippen LogP contribution is 2.31. The number of thioether (sulfide) groups is 1. The fourth-order valence-electron chi connectivity index (χ4n) is 2.05. The number of aliphatic hydroxyl groups is 1. The van der Waals surface area contributed by atoms with Gasteiger partial charge in [0.05, 0.1) is 12.0 Å². The largest absolute Gasteiger partial charge is 0.391 e. The molecule has 1 saturated heterocycles. The summed E-state index contributed by atoms with van der Waals surface area (Å²) >= 11 is 1.68. The van der Waals surface area contributed by atoms with Gasteiger partial charge >= 0.3 is 0 Å². The van der Waals surface area contributed by atoms with Crippen molar-refractivity contribution in [2.75, 3.05) is 11.5 Å².